The van der Waals surface area contributed by atoms with E-state index in [-0.39, 0.29) is 11.6 Å². The Hall–Kier alpha value is -2.47. The highest BCUT2D eigenvalue weighted by atomic mass is 19.1. The lowest BCUT2D eigenvalue weighted by atomic mass is 9.75. The van der Waals surface area contributed by atoms with Gasteiger partial charge in [0.25, 0.3) is 0 Å². The third kappa shape index (κ3) is 2.98. The molecule has 5 nitrogen and oxygen atoms in total. The van der Waals surface area contributed by atoms with Crippen LogP contribution in [0.2, 0.25) is 0 Å². The average molecular weight is 368 g/mol. The maximum atomic E-state index is 13.2. The van der Waals surface area contributed by atoms with Gasteiger partial charge in [0, 0.05) is 30.6 Å². The zero-order chi connectivity index (χ0) is 19.2. The van der Waals surface area contributed by atoms with Gasteiger partial charge in [-0.05, 0) is 55.5 Å². The summed E-state index contributed by atoms with van der Waals surface area (Å²) in [5.74, 6) is -0.746. The van der Waals surface area contributed by atoms with Crippen molar-refractivity contribution in [1.29, 1.82) is 0 Å². The van der Waals surface area contributed by atoms with Gasteiger partial charge in [0.2, 0.25) is 0 Å². The zero-order valence-electron chi connectivity index (χ0n) is 15.4. The predicted molar refractivity (Wildman–Crippen MR) is 96.8 cm³/mol. The summed E-state index contributed by atoms with van der Waals surface area (Å²) in [6, 6.07) is 3.73. The predicted octanol–water partition coefficient (Wildman–Crippen LogP) is 3.32. The molecule has 140 valence electrons. The SMILES string of the molecule is Cc1cc(-c2ncc(F)cn2)cc(C)c1C1C(=O)CC2(CCOCC2)C1=O. The van der Waals surface area contributed by atoms with Crippen LogP contribution in [0.1, 0.15) is 41.9 Å². The highest BCUT2D eigenvalue weighted by Gasteiger charge is 2.53. The minimum Gasteiger partial charge on any atom is -0.381 e. The van der Waals surface area contributed by atoms with E-state index in [4.69, 9.17) is 4.74 Å². The number of hydrogen-bond donors (Lipinski definition) is 0. The Labute approximate surface area is 157 Å². The Morgan fingerprint density at radius 3 is 2.26 bits per heavy atom. The smallest absolute Gasteiger partial charge is 0.159 e. The molecule has 1 aliphatic carbocycles. The minimum atomic E-state index is -0.703. The zero-order valence-corrected chi connectivity index (χ0v) is 15.4. The first-order valence-corrected chi connectivity index (χ1v) is 9.15. The second-order valence-corrected chi connectivity index (χ2v) is 7.58. The first kappa shape index (κ1) is 17.9. The van der Waals surface area contributed by atoms with Crippen LogP contribution >= 0.6 is 0 Å². The van der Waals surface area contributed by atoms with Crippen LogP contribution in [0.15, 0.2) is 24.5 Å². The van der Waals surface area contributed by atoms with Crippen LogP contribution in [0.4, 0.5) is 4.39 Å². The van der Waals surface area contributed by atoms with Crippen LogP contribution in [-0.2, 0) is 14.3 Å². The summed E-state index contributed by atoms with van der Waals surface area (Å²) in [6.07, 6.45) is 3.79. The van der Waals surface area contributed by atoms with Gasteiger partial charge in [-0.25, -0.2) is 14.4 Å². The number of aromatic nitrogens is 2. The quantitative estimate of drug-likeness (QED) is 0.761. The van der Waals surface area contributed by atoms with Gasteiger partial charge in [-0.15, -0.1) is 0 Å². The van der Waals surface area contributed by atoms with Gasteiger partial charge in [0.05, 0.1) is 12.4 Å². The highest BCUT2D eigenvalue weighted by Crippen LogP contribution is 2.48. The van der Waals surface area contributed by atoms with E-state index >= 15 is 0 Å². The Kier molecular flexibility index (Phi) is 4.38. The van der Waals surface area contributed by atoms with Crippen molar-refractivity contribution in [2.45, 2.75) is 39.0 Å². The van der Waals surface area contributed by atoms with E-state index in [1.807, 2.05) is 26.0 Å². The normalized spacial score (nSPS) is 21.8. The maximum absolute atomic E-state index is 13.2. The van der Waals surface area contributed by atoms with E-state index in [0.717, 1.165) is 34.6 Å². The van der Waals surface area contributed by atoms with Crippen molar-refractivity contribution >= 4 is 11.6 Å². The topological polar surface area (TPSA) is 69.2 Å². The van der Waals surface area contributed by atoms with Gasteiger partial charge >= 0.3 is 0 Å². The first-order valence-electron chi connectivity index (χ1n) is 9.15. The van der Waals surface area contributed by atoms with Gasteiger partial charge in [-0.1, -0.05) is 0 Å². The van der Waals surface area contributed by atoms with Crippen LogP contribution < -0.4 is 0 Å². The molecule has 27 heavy (non-hydrogen) atoms. The number of hydrogen-bond acceptors (Lipinski definition) is 5. The molecule has 1 spiro atoms. The number of rotatable bonds is 2. The Morgan fingerprint density at radius 2 is 1.67 bits per heavy atom. The highest BCUT2D eigenvalue weighted by molar-refractivity contribution is 6.17. The molecule has 1 saturated heterocycles. The molecule has 0 bridgehead atoms. The van der Waals surface area contributed by atoms with Crippen LogP contribution in [0.25, 0.3) is 11.4 Å². The van der Waals surface area contributed by atoms with E-state index in [0.29, 0.717) is 38.3 Å². The van der Waals surface area contributed by atoms with Gasteiger partial charge in [0.15, 0.2) is 17.4 Å². The molecule has 1 atom stereocenters. The fraction of sp³-hybridized carbons (Fsp3) is 0.429. The van der Waals surface area contributed by atoms with Crippen molar-refractivity contribution in [2.75, 3.05) is 13.2 Å². The van der Waals surface area contributed by atoms with Crippen molar-refractivity contribution in [2.24, 2.45) is 5.41 Å². The van der Waals surface area contributed by atoms with Crippen molar-refractivity contribution in [3.05, 3.63) is 47.0 Å². The van der Waals surface area contributed by atoms with Crippen molar-refractivity contribution in [1.82, 2.24) is 9.97 Å². The van der Waals surface area contributed by atoms with Crippen LogP contribution in [0.5, 0.6) is 0 Å². The van der Waals surface area contributed by atoms with Crippen LogP contribution in [0.3, 0.4) is 0 Å². The largest absolute Gasteiger partial charge is 0.381 e. The summed E-state index contributed by atoms with van der Waals surface area (Å²) in [6.45, 7) is 4.85. The van der Waals surface area contributed by atoms with E-state index in [2.05, 4.69) is 9.97 Å². The summed E-state index contributed by atoms with van der Waals surface area (Å²) < 4.78 is 18.5. The number of Topliss-reactive ketones (excluding diaryl/α,β-unsaturated/α-hetero) is 2. The molecule has 1 aromatic carbocycles. The van der Waals surface area contributed by atoms with Crippen molar-refractivity contribution in [3.8, 4) is 11.4 Å². The van der Waals surface area contributed by atoms with Crippen LogP contribution in [0, 0.1) is 25.1 Å². The molecular weight excluding hydrogens is 347 g/mol. The molecule has 2 fully saturated rings. The summed E-state index contributed by atoms with van der Waals surface area (Å²) in [5, 5.41) is 0. The number of benzene rings is 1. The molecule has 2 heterocycles. The van der Waals surface area contributed by atoms with Crippen molar-refractivity contribution in [3.63, 3.8) is 0 Å². The number of ether oxygens (including phenoxy) is 1. The average Bonchev–Trinajstić information content (AvgIpc) is 2.86. The molecule has 1 saturated carbocycles. The van der Waals surface area contributed by atoms with E-state index in [1.54, 1.807) is 0 Å². The number of halogens is 1. The molecule has 0 radical (unpaired) electrons. The lowest BCUT2D eigenvalue weighted by molar-refractivity contribution is -0.131. The molecular formula is C21H21FN2O3. The molecule has 2 aliphatic rings. The number of carbonyl (C=O) groups is 2. The standard InChI is InChI=1S/C21H21FN2O3/c1-12-7-14(20-23-10-15(22)11-24-20)8-13(2)17(12)18-16(25)9-21(19(18)26)3-5-27-6-4-21/h7-8,10-11,18H,3-6,9H2,1-2H3. The number of carbonyl (C=O) groups excluding carboxylic acids is 2. The summed E-state index contributed by atoms with van der Waals surface area (Å²) >= 11 is 0. The fourth-order valence-corrected chi connectivity index (χ4v) is 4.47. The molecule has 2 aromatic rings. The van der Waals surface area contributed by atoms with Gasteiger partial charge in [0.1, 0.15) is 11.7 Å². The Balaban J connectivity index is 1.73. The van der Waals surface area contributed by atoms with E-state index in [1.165, 1.54) is 0 Å². The van der Waals surface area contributed by atoms with Gasteiger partial charge in [-0.3, -0.25) is 9.59 Å². The van der Waals surface area contributed by atoms with Gasteiger partial charge < -0.3 is 4.74 Å². The van der Waals surface area contributed by atoms with Gasteiger partial charge in [-0.2, -0.15) is 0 Å². The molecule has 1 aromatic heterocycles. The van der Waals surface area contributed by atoms with E-state index in [9.17, 15) is 14.0 Å². The second-order valence-electron chi connectivity index (χ2n) is 7.58. The molecule has 6 heteroatoms. The van der Waals surface area contributed by atoms with E-state index < -0.39 is 17.2 Å². The summed E-state index contributed by atoms with van der Waals surface area (Å²) in [7, 11) is 0. The summed E-state index contributed by atoms with van der Waals surface area (Å²) in [4.78, 5) is 34.1. The molecule has 4 rings (SSSR count). The first-order chi connectivity index (χ1) is 12.9. The third-order valence-electron chi connectivity index (χ3n) is 5.83. The number of nitrogens with zero attached hydrogens (tertiary/aromatic N) is 2. The maximum Gasteiger partial charge on any atom is 0.159 e. The molecule has 0 N–H and O–H groups in total. The fourth-order valence-electron chi connectivity index (χ4n) is 4.47. The summed E-state index contributed by atoms with van der Waals surface area (Å²) in [5.41, 5.74) is 2.69. The van der Waals surface area contributed by atoms with Crippen molar-refractivity contribution < 1.29 is 18.7 Å². The Morgan fingerprint density at radius 1 is 1.07 bits per heavy atom. The Bertz CT molecular complexity index is 895. The molecule has 0 amide bonds. The lowest BCUT2D eigenvalue weighted by Crippen LogP contribution is -2.34. The second kappa shape index (κ2) is 6.60. The minimum absolute atomic E-state index is 0.00104. The number of aryl methyl sites for hydroxylation is 2. The number of ketones is 2. The van der Waals surface area contributed by atoms with Crippen LogP contribution in [-0.4, -0.2) is 34.7 Å². The molecule has 1 unspecified atom stereocenters. The lowest BCUT2D eigenvalue weighted by Gasteiger charge is -2.31. The molecule has 1 aliphatic heterocycles. The third-order valence-corrected chi connectivity index (χ3v) is 5.83. The monoisotopic (exact) mass is 368 g/mol.